The molecule has 9 nitrogen and oxygen atoms in total. The number of anilines is 2. The lowest BCUT2D eigenvalue weighted by Gasteiger charge is -2.38. The molecule has 1 aliphatic rings. The Morgan fingerprint density at radius 3 is 2.72 bits per heavy atom. The molecule has 0 unspecified atom stereocenters. The molecule has 0 bridgehead atoms. The average Bonchev–Trinajstić information content (AvgIpc) is 3.33. The van der Waals surface area contributed by atoms with Crippen LogP contribution >= 0.6 is 0 Å². The summed E-state index contributed by atoms with van der Waals surface area (Å²) in [5, 5.41) is 18.0. The number of piperidine rings is 1. The largest absolute Gasteiger partial charge is 0.425 e. The summed E-state index contributed by atoms with van der Waals surface area (Å²) < 4.78 is 20.1. The van der Waals surface area contributed by atoms with Gasteiger partial charge in [0.25, 0.3) is 0 Å². The van der Waals surface area contributed by atoms with Crippen LogP contribution in [-0.4, -0.2) is 49.8 Å². The van der Waals surface area contributed by atoms with Gasteiger partial charge in [0.1, 0.15) is 0 Å². The molecule has 152 valence electrons. The molecule has 0 radical (unpaired) electrons. The second-order valence-electron chi connectivity index (χ2n) is 7.42. The van der Waals surface area contributed by atoms with Crippen LogP contribution in [0.4, 0.5) is 16.0 Å². The summed E-state index contributed by atoms with van der Waals surface area (Å²) in [5.74, 6) is 1.15. The van der Waals surface area contributed by atoms with Crippen LogP contribution in [0, 0.1) is 19.7 Å². The van der Waals surface area contributed by atoms with Crippen molar-refractivity contribution < 1.29 is 13.6 Å². The number of halogens is 1. The van der Waals surface area contributed by atoms with E-state index in [2.05, 4.69) is 30.7 Å². The van der Waals surface area contributed by atoms with Crippen LogP contribution in [0.2, 0.25) is 0 Å². The summed E-state index contributed by atoms with van der Waals surface area (Å²) in [6.07, 6.45) is 2.67. The van der Waals surface area contributed by atoms with Crippen molar-refractivity contribution in [2.75, 3.05) is 18.4 Å². The van der Waals surface area contributed by atoms with Gasteiger partial charge in [-0.05, 0) is 31.9 Å². The van der Waals surface area contributed by atoms with E-state index in [1.807, 2.05) is 6.92 Å². The summed E-state index contributed by atoms with van der Waals surface area (Å²) in [6, 6.07) is 4.82. The normalized spacial score (nSPS) is 16.0. The monoisotopic (exact) mass is 399 g/mol. The van der Waals surface area contributed by atoms with E-state index < -0.39 is 11.2 Å². The number of likely N-dealkylation sites (tertiary alicyclic amines) is 1. The van der Waals surface area contributed by atoms with Gasteiger partial charge in [0, 0.05) is 43.9 Å². The maximum absolute atomic E-state index is 14.3. The Morgan fingerprint density at radius 1 is 1.31 bits per heavy atom. The molecule has 0 atom stereocenters. The van der Waals surface area contributed by atoms with Crippen LogP contribution in [0.15, 0.2) is 22.6 Å². The Bertz CT molecular complexity index is 1010. The van der Waals surface area contributed by atoms with Gasteiger partial charge in [0.05, 0.1) is 5.41 Å². The van der Waals surface area contributed by atoms with Gasteiger partial charge >= 0.3 is 0 Å². The maximum atomic E-state index is 14.3. The fourth-order valence-corrected chi connectivity index (χ4v) is 3.65. The number of pyridine rings is 1. The van der Waals surface area contributed by atoms with Gasteiger partial charge in [-0.1, -0.05) is 0 Å². The van der Waals surface area contributed by atoms with Crippen molar-refractivity contribution in [3.63, 3.8) is 0 Å². The van der Waals surface area contributed by atoms with Crippen molar-refractivity contribution in [2.24, 2.45) is 0 Å². The SMILES string of the molecule is Cc1cc(Nc2nc(CC3(c4nnc(C)o4)CCN(C=O)CC3)ccc2F)n[nH]1. The average molecular weight is 399 g/mol. The third kappa shape index (κ3) is 3.96. The molecule has 4 rings (SSSR count). The number of hydrogen-bond donors (Lipinski definition) is 2. The second-order valence-corrected chi connectivity index (χ2v) is 7.42. The molecule has 0 aromatic carbocycles. The number of carbonyl (C=O) groups excluding carboxylic acids is 1. The lowest BCUT2D eigenvalue weighted by atomic mass is 9.74. The number of aromatic nitrogens is 5. The minimum atomic E-state index is -0.465. The molecule has 3 aromatic heterocycles. The van der Waals surface area contributed by atoms with Crippen LogP contribution < -0.4 is 5.32 Å². The quantitative estimate of drug-likeness (QED) is 0.612. The van der Waals surface area contributed by atoms with Crippen LogP contribution in [0.5, 0.6) is 0 Å². The third-order valence-corrected chi connectivity index (χ3v) is 5.26. The molecule has 1 aliphatic heterocycles. The topological polar surface area (TPSA) is 113 Å². The highest BCUT2D eigenvalue weighted by molar-refractivity contribution is 5.52. The summed E-state index contributed by atoms with van der Waals surface area (Å²) in [7, 11) is 0. The Balaban J connectivity index is 1.62. The first kappa shape index (κ1) is 19.0. The number of hydrogen-bond acceptors (Lipinski definition) is 7. The number of nitrogens with zero attached hydrogens (tertiary/aromatic N) is 5. The van der Waals surface area contributed by atoms with E-state index in [0.29, 0.717) is 55.6 Å². The maximum Gasteiger partial charge on any atom is 0.223 e. The fraction of sp³-hybridized carbons (Fsp3) is 0.421. The highest BCUT2D eigenvalue weighted by Gasteiger charge is 2.41. The van der Waals surface area contributed by atoms with E-state index in [4.69, 9.17) is 4.42 Å². The first-order chi connectivity index (χ1) is 14.0. The van der Waals surface area contributed by atoms with Crippen LogP contribution in [0.25, 0.3) is 0 Å². The van der Waals surface area contributed by atoms with Crippen molar-refractivity contribution in [3.05, 3.63) is 47.2 Å². The molecule has 10 heteroatoms. The van der Waals surface area contributed by atoms with E-state index in [-0.39, 0.29) is 5.82 Å². The molecule has 0 aliphatic carbocycles. The van der Waals surface area contributed by atoms with Gasteiger partial charge in [-0.2, -0.15) is 5.10 Å². The van der Waals surface area contributed by atoms with Crippen LogP contribution in [0.1, 0.15) is 36.0 Å². The standard InChI is InChI=1S/C19H22FN7O2/c1-12-9-16(25-23-12)22-17-15(20)4-3-14(21-17)10-19(18-26-24-13(2)29-18)5-7-27(11-28)8-6-19/h3-4,9,11H,5-8,10H2,1-2H3,(H2,21,22,23,25). The first-order valence-electron chi connectivity index (χ1n) is 9.42. The Labute approximate surface area is 166 Å². The number of H-pyrrole nitrogens is 1. The van der Waals surface area contributed by atoms with Crippen LogP contribution in [-0.2, 0) is 16.6 Å². The predicted molar refractivity (Wildman–Crippen MR) is 102 cm³/mol. The molecular formula is C19H22FN7O2. The molecular weight excluding hydrogens is 377 g/mol. The van der Waals surface area contributed by atoms with Crippen molar-refractivity contribution in [3.8, 4) is 0 Å². The highest BCUT2D eigenvalue weighted by atomic mass is 19.1. The molecule has 1 saturated heterocycles. The predicted octanol–water partition coefficient (Wildman–Crippen LogP) is 2.42. The number of amides is 1. The minimum Gasteiger partial charge on any atom is -0.425 e. The molecule has 2 N–H and O–H groups in total. The molecule has 0 spiro atoms. The minimum absolute atomic E-state index is 0.108. The molecule has 4 heterocycles. The van der Waals surface area contributed by atoms with Crippen molar-refractivity contribution in [1.29, 1.82) is 0 Å². The van der Waals surface area contributed by atoms with Gasteiger partial charge in [0.2, 0.25) is 18.2 Å². The highest BCUT2D eigenvalue weighted by Crippen LogP contribution is 2.38. The van der Waals surface area contributed by atoms with Gasteiger partial charge in [-0.3, -0.25) is 9.89 Å². The van der Waals surface area contributed by atoms with Crippen molar-refractivity contribution in [1.82, 2.24) is 30.3 Å². The number of nitrogens with one attached hydrogen (secondary N) is 2. The molecule has 1 fully saturated rings. The number of carbonyl (C=O) groups is 1. The lowest BCUT2D eigenvalue weighted by Crippen LogP contribution is -2.43. The Morgan fingerprint density at radius 2 is 2.10 bits per heavy atom. The van der Waals surface area contributed by atoms with E-state index in [1.54, 1.807) is 24.0 Å². The van der Waals surface area contributed by atoms with E-state index in [9.17, 15) is 9.18 Å². The van der Waals surface area contributed by atoms with Crippen molar-refractivity contribution >= 4 is 18.0 Å². The van der Waals surface area contributed by atoms with E-state index in [1.165, 1.54) is 6.07 Å². The van der Waals surface area contributed by atoms with Gasteiger partial charge in [-0.25, -0.2) is 9.37 Å². The molecule has 1 amide bonds. The summed E-state index contributed by atoms with van der Waals surface area (Å²) in [6.45, 7) is 4.78. The first-order valence-corrected chi connectivity index (χ1v) is 9.42. The third-order valence-electron chi connectivity index (χ3n) is 5.26. The lowest BCUT2D eigenvalue weighted by molar-refractivity contribution is -0.119. The van der Waals surface area contributed by atoms with Crippen molar-refractivity contribution in [2.45, 2.75) is 38.5 Å². The zero-order chi connectivity index (χ0) is 20.4. The van der Waals surface area contributed by atoms with Crippen LogP contribution in [0.3, 0.4) is 0 Å². The summed E-state index contributed by atoms with van der Waals surface area (Å²) >= 11 is 0. The van der Waals surface area contributed by atoms with E-state index in [0.717, 1.165) is 12.1 Å². The molecule has 29 heavy (non-hydrogen) atoms. The summed E-state index contributed by atoms with van der Waals surface area (Å²) in [4.78, 5) is 17.3. The fourth-order valence-electron chi connectivity index (χ4n) is 3.65. The molecule has 0 saturated carbocycles. The smallest absolute Gasteiger partial charge is 0.223 e. The Hall–Kier alpha value is -3.30. The van der Waals surface area contributed by atoms with Gasteiger partial charge in [0.15, 0.2) is 17.5 Å². The Kier molecular flexibility index (Phi) is 4.99. The number of aryl methyl sites for hydroxylation is 2. The number of aromatic amines is 1. The molecule has 3 aromatic rings. The van der Waals surface area contributed by atoms with Gasteiger partial charge in [-0.15, -0.1) is 10.2 Å². The van der Waals surface area contributed by atoms with Gasteiger partial charge < -0.3 is 14.6 Å². The zero-order valence-corrected chi connectivity index (χ0v) is 16.3. The zero-order valence-electron chi connectivity index (χ0n) is 16.3. The number of rotatable bonds is 6. The van der Waals surface area contributed by atoms with E-state index >= 15 is 0 Å². The summed E-state index contributed by atoms with van der Waals surface area (Å²) in [5.41, 5.74) is 1.10. The second kappa shape index (κ2) is 7.61.